The number of amides is 1. The van der Waals surface area contributed by atoms with Crippen molar-refractivity contribution in [1.82, 2.24) is 25.3 Å². The Morgan fingerprint density at radius 1 is 1.28 bits per heavy atom. The molecule has 0 fully saturated rings. The number of hydrogen-bond acceptors (Lipinski definition) is 6. The Morgan fingerprint density at radius 2 is 2.07 bits per heavy atom. The van der Waals surface area contributed by atoms with Crippen LogP contribution in [0.4, 0.5) is 4.79 Å². The van der Waals surface area contributed by atoms with Crippen molar-refractivity contribution in [3.63, 3.8) is 0 Å². The quantitative estimate of drug-likeness (QED) is 0.632. The number of H-pyrrole nitrogens is 1. The van der Waals surface area contributed by atoms with Crippen molar-refractivity contribution in [2.24, 2.45) is 0 Å². The molecule has 0 aliphatic heterocycles. The van der Waals surface area contributed by atoms with Gasteiger partial charge in [-0.15, -0.1) is 0 Å². The van der Waals surface area contributed by atoms with Crippen LogP contribution in [0.1, 0.15) is 32.2 Å². The van der Waals surface area contributed by atoms with Crippen molar-refractivity contribution in [1.29, 1.82) is 0 Å². The van der Waals surface area contributed by atoms with E-state index < -0.39 is 11.7 Å². The third-order valence-electron chi connectivity index (χ3n) is 4.33. The summed E-state index contributed by atoms with van der Waals surface area (Å²) in [6.07, 6.45) is 3.02. The molecule has 0 saturated heterocycles. The number of ether oxygens (including phenoxy) is 1. The van der Waals surface area contributed by atoms with E-state index in [2.05, 4.69) is 51.7 Å². The minimum atomic E-state index is -0.522. The first-order valence-corrected chi connectivity index (χ1v) is 9.76. The van der Waals surface area contributed by atoms with Gasteiger partial charge < -0.3 is 24.5 Å². The molecule has 0 radical (unpaired) electrons. The van der Waals surface area contributed by atoms with Gasteiger partial charge in [0.2, 0.25) is 0 Å². The number of likely N-dealkylation sites (N-methyl/N-ethyl adjacent to an activating group) is 1. The van der Waals surface area contributed by atoms with E-state index >= 15 is 0 Å². The lowest BCUT2D eigenvalue weighted by atomic mass is 10.1. The minimum Gasteiger partial charge on any atom is -0.444 e. The highest BCUT2D eigenvalue weighted by Crippen LogP contribution is 2.26. The summed E-state index contributed by atoms with van der Waals surface area (Å²) in [5.41, 5.74) is 2.70. The summed E-state index contributed by atoms with van der Waals surface area (Å²) in [6.45, 7) is 6.83. The molecule has 0 saturated carbocycles. The number of benzene rings is 1. The Labute approximate surface area is 170 Å². The third kappa shape index (κ3) is 5.80. The molecule has 29 heavy (non-hydrogen) atoms. The van der Waals surface area contributed by atoms with E-state index in [9.17, 15) is 4.79 Å². The second kappa shape index (κ2) is 8.65. The van der Waals surface area contributed by atoms with E-state index in [-0.39, 0.29) is 0 Å². The molecule has 156 valence electrons. The summed E-state index contributed by atoms with van der Waals surface area (Å²) in [4.78, 5) is 21.6. The molecule has 1 aromatic carbocycles. The van der Waals surface area contributed by atoms with E-state index in [4.69, 9.17) is 9.26 Å². The Kier molecular flexibility index (Phi) is 6.22. The second-order valence-electron chi connectivity index (χ2n) is 8.32. The van der Waals surface area contributed by atoms with Crippen LogP contribution < -0.4 is 5.32 Å². The molecular weight excluding hydrogens is 370 g/mol. The molecule has 0 aliphatic rings. The fraction of sp³-hybridized carbons (Fsp3) is 0.476. The Morgan fingerprint density at radius 3 is 2.79 bits per heavy atom. The van der Waals surface area contributed by atoms with Gasteiger partial charge in [0.05, 0.1) is 0 Å². The predicted molar refractivity (Wildman–Crippen MR) is 112 cm³/mol. The molecule has 2 heterocycles. The average Bonchev–Trinajstić information content (AvgIpc) is 3.24. The smallest absolute Gasteiger partial charge is 0.407 e. The van der Waals surface area contributed by atoms with Crippen molar-refractivity contribution in [3.8, 4) is 11.5 Å². The minimum absolute atomic E-state index is 0.374. The number of hydrogen-bond donors (Lipinski definition) is 2. The fourth-order valence-electron chi connectivity index (χ4n) is 2.93. The molecule has 3 rings (SSSR count). The zero-order chi connectivity index (χ0) is 21.0. The number of aromatic amines is 1. The van der Waals surface area contributed by atoms with Gasteiger partial charge in [0.25, 0.3) is 5.89 Å². The number of alkyl carbamates (subject to hydrolysis) is 1. The standard InChI is InChI=1S/C21H29N5O3/c1-21(2,3)28-20(27)22-10-8-18-24-19(29-25-18)14-6-7-17-16(12-14)15(13-23-17)9-11-26(4)5/h6-7,12-13,23H,8-11H2,1-5H3,(H,22,27). The van der Waals surface area contributed by atoms with Crippen LogP contribution in [0.15, 0.2) is 28.9 Å². The normalized spacial score (nSPS) is 11.9. The van der Waals surface area contributed by atoms with Gasteiger partial charge in [-0.2, -0.15) is 4.98 Å². The summed E-state index contributed by atoms with van der Waals surface area (Å²) >= 11 is 0. The lowest BCUT2D eigenvalue weighted by Gasteiger charge is -2.19. The highest BCUT2D eigenvalue weighted by Gasteiger charge is 2.16. The molecule has 0 unspecified atom stereocenters. The van der Waals surface area contributed by atoms with Gasteiger partial charge >= 0.3 is 6.09 Å². The SMILES string of the molecule is CN(C)CCc1c[nH]c2ccc(-c3nc(CCNC(=O)OC(C)(C)C)no3)cc12. The van der Waals surface area contributed by atoms with Crippen LogP contribution in [0.3, 0.4) is 0 Å². The zero-order valence-corrected chi connectivity index (χ0v) is 17.7. The van der Waals surface area contributed by atoms with E-state index in [1.54, 1.807) is 0 Å². The number of nitrogens with one attached hydrogen (secondary N) is 2. The van der Waals surface area contributed by atoms with Gasteiger partial charge in [-0.1, -0.05) is 5.16 Å². The molecule has 2 aromatic heterocycles. The lowest BCUT2D eigenvalue weighted by Crippen LogP contribution is -2.33. The molecule has 0 bridgehead atoms. The second-order valence-corrected chi connectivity index (χ2v) is 8.32. The van der Waals surface area contributed by atoms with Crippen LogP contribution >= 0.6 is 0 Å². The summed E-state index contributed by atoms with van der Waals surface area (Å²) in [6, 6.07) is 6.07. The maximum absolute atomic E-state index is 11.7. The number of aromatic nitrogens is 3. The molecule has 2 N–H and O–H groups in total. The molecule has 0 spiro atoms. The largest absolute Gasteiger partial charge is 0.444 e. The van der Waals surface area contributed by atoms with Crippen LogP contribution in [-0.4, -0.2) is 58.9 Å². The van der Waals surface area contributed by atoms with E-state index in [1.807, 2.05) is 32.9 Å². The Hall–Kier alpha value is -2.87. The van der Waals surface area contributed by atoms with E-state index in [0.717, 1.165) is 29.4 Å². The lowest BCUT2D eigenvalue weighted by molar-refractivity contribution is 0.0528. The maximum Gasteiger partial charge on any atom is 0.407 e. The highest BCUT2D eigenvalue weighted by atomic mass is 16.6. The monoisotopic (exact) mass is 399 g/mol. The summed E-state index contributed by atoms with van der Waals surface area (Å²) in [5.74, 6) is 1.01. The average molecular weight is 399 g/mol. The molecule has 0 atom stereocenters. The fourth-order valence-corrected chi connectivity index (χ4v) is 2.93. The van der Waals surface area contributed by atoms with Gasteiger partial charge in [-0.3, -0.25) is 0 Å². The van der Waals surface area contributed by atoms with Crippen LogP contribution in [0, 0.1) is 0 Å². The molecular formula is C21H29N5O3. The number of carbonyl (C=O) groups is 1. The Bertz CT molecular complexity index is 968. The van der Waals surface area contributed by atoms with E-state index in [1.165, 1.54) is 5.56 Å². The van der Waals surface area contributed by atoms with E-state index in [0.29, 0.717) is 24.7 Å². The molecule has 1 amide bonds. The van der Waals surface area contributed by atoms with Crippen LogP contribution in [0.25, 0.3) is 22.4 Å². The van der Waals surface area contributed by atoms with Crippen molar-refractivity contribution >= 4 is 17.0 Å². The number of nitrogens with zero attached hydrogens (tertiary/aromatic N) is 3. The molecule has 8 heteroatoms. The van der Waals surface area contributed by atoms with Crippen molar-refractivity contribution in [2.45, 2.75) is 39.2 Å². The first-order chi connectivity index (χ1) is 13.7. The van der Waals surface area contributed by atoms with Crippen LogP contribution in [0.5, 0.6) is 0 Å². The molecule has 8 nitrogen and oxygen atoms in total. The Balaban J connectivity index is 1.64. The summed E-state index contributed by atoms with van der Waals surface area (Å²) in [7, 11) is 4.13. The van der Waals surface area contributed by atoms with Crippen LogP contribution in [-0.2, 0) is 17.6 Å². The predicted octanol–water partition coefficient (Wildman–Crippen LogP) is 3.39. The highest BCUT2D eigenvalue weighted by molar-refractivity contribution is 5.87. The first kappa shape index (κ1) is 20.9. The van der Waals surface area contributed by atoms with Crippen molar-refractivity contribution in [2.75, 3.05) is 27.2 Å². The zero-order valence-electron chi connectivity index (χ0n) is 17.7. The van der Waals surface area contributed by atoms with Gasteiger partial charge in [0.1, 0.15) is 5.60 Å². The van der Waals surface area contributed by atoms with Gasteiger partial charge in [-0.05, 0) is 65.0 Å². The van der Waals surface area contributed by atoms with Gasteiger partial charge in [0.15, 0.2) is 5.82 Å². The summed E-state index contributed by atoms with van der Waals surface area (Å²) in [5, 5.41) is 7.88. The topological polar surface area (TPSA) is 96.3 Å². The third-order valence-corrected chi connectivity index (χ3v) is 4.33. The maximum atomic E-state index is 11.7. The van der Waals surface area contributed by atoms with Crippen LogP contribution in [0.2, 0.25) is 0 Å². The number of fused-ring (bicyclic) bond motifs is 1. The molecule has 0 aliphatic carbocycles. The first-order valence-electron chi connectivity index (χ1n) is 9.76. The van der Waals surface area contributed by atoms with Gasteiger partial charge in [-0.25, -0.2) is 4.79 Å². The number of rotatable bonds is 7. The van der Waals surface area contributed by atoms with Crippen molar-refractivity contribution in [3.05, 3.63) is 35.8 Å². The number of carbonyl (C=O) groups excluding carboxylic acids is 1. The summed E-state index contributed by atoms with van der Waals surface area (Å²) < 4.78 is 10.6. The van der Waals surface area contributed by atoms with Gasteiger partial charge in [0, 0.05) is 42.2 Å². The van der Waals surface area contributed by atoms with Crippen molar-refractivity contribution < 1.29 is 14.1 Å². The molecule has 3 aromatic rings.